The lowest BCUT2D eigenvalue weighted by molar-refractivity contribution is -0.130. The minimum Gasteiger partial charge on any atom is -0.517 e. The van der Waals surface area contributed by atoms with Gasteiger partial charge in [0.05, 0.1) is 0 Å². The minimum atomic E-state index is -1.85. The van der Waals surface area contributed by atoms with E-state index in [9.17, 15) is 4.79 Å². The third-order valence-corrected chi connectivity index (χ3v) is 3.84. The van der Waals surface area contributed by atoms with Crippen molar-refractivity contribution >= 4 is 14.3 Å². The number of hydrogen-bond donors (Lipinski definition) is 0. The van der Waals surface area contributed by atoms with Gasteiger partial charge in [-0.2, -0.15) is 0 Å². The molecule has 0 amide bonds. The molecule has 21 heavy (non-hydrogen) atoms. The molecule has 0 aromatic heterocycles. The lowest BCUT2D eigenvalue weighted by Gasteiger charge is -2.18. The number of carbonyl (C=O) groups is 1. The molecule has 0 radical (unpaired) electrons. The lowest BCUT2D eigenvalue weighted by Crippen LogP contribution is -2.29. The molecule has 0 aliphatic rings. The van der Waals surface area contributed by atoms with E-state index in [-0.39, 0.29) is 5.97 Å². The van der Waals surface area contributed by atoms with Gasteiger partial charge in [0.1, 0.15) is 0 Å². The van der Waals surface area contributed by atoms with Gasteiger partial charge in [-0.15, -0.1) is 0 Å². The quantitative estimate of drug-likeness (QED) is 0.417. The molecule has 0 saturated heterocycles. The van der Waals surface area contributed by atoms with E-state index in [1.54, 1.807) is 0 Å². The van der Waals surface area contributed by atoms with Crippen LogP contribution in [0.5, 0.6) is 0 Å². The van der Waals surface area contributed by atoms with Crippen LogP contribution in [0.2, 0.25) is 19.6 Å². The molecule has 0 heterocycles. The van der Waals surface area contributed by atoms with E-state index < -0.39 is 8.32 Å². The fourth-order valence-corrected chi connectivity index (χ4v) is 2.80. The molecule has 1 rings (SSSR count). The molecule has 0 N–H and O–H groups in total. The van der Waals surface area contributed by atoms with Crippen LogP contribution < -0.4 is 0 Å². The molecular formula is C18H26O2Si. The molecule has 114 valence electrons. The summed E-state index contributed by atoms with van der Waals surface area (Å²) >= 11 is 0. The third kappa shape index (κ3) is 6.58. The largest absolute Gasteiger partial charge is 0.517 e. The highest BCUT2D eigenvalue weighted by Gasteiger charge is 2.21. The molecule has 3 heteroatoms. The molecule has 0 bridgehead atoms. The Morgan fingerprint density at radius 2 is 1.86 bits per heavy atom. The first kappa shape index (κ1) is 17.4. The molecule has 1 aromatic carbocycles. The van der Waals surface area contributed by atoms with Crippen LogP contribution in [0.4, 0.5) is 0 Å². The van der Waals surface area contributed by atoms with Gasteiger partial charge in [-0.3, -0.25) is 0 Å². The Morgan fingerprint density at radius 3 is 2.38 bits per heavy atom. The first-order valence-corrected chi connectivity index (χ1v) is 10.7. The molecule has 1 atom stereocenters. The minimum absolute atomic E-state index is 0.255. The van der Waals surface area contributed by atoms with E-state index in [4.69, 9.17) is 4.43 Å². The second-order valence-corrected chi connectivity index (χ2v) is 10.9. The van der Waals surface area contributed by atoms with Crippen molar-refractivity contribution in [2.75, 3.05) is 0 Å². The van der Waals surface area contributed by atoms with Crippen molar-refractivity contribution in [2.24, 2.45) is 0 Å². The van der Waals surface area contributed by atoms with Crippen molar-refractivity contribution in [3.8, 4) is 0 Å². The second kappa shape index (κ2) is 7.41. The zero-order valence-corrected chi connectivity index (χ0v) is 14.8. The molecular weight excluding hydrogens is 276 g/mol. The van der Waals surface area contributed by atoms with Crippen LogP contribution in [0.3, 0.4) is 0 Å². The highest BCUT2D eigenvalue weighted by molar-refractivity contribution is 6.71. The van der Waals surface area contributed by atoms with Crippen LogP contribution in [0.15, 0.2) is 54.1 Å². The van der Waals surface area contributed by atoms with Gasteiger partial charge in [-0.05, 0) is 44.5 Å². The summed E-state index contributed by atoms with van der Waals surface area (Å²) in [6.45, 7) is 14.0. The van der Waals surface area contributed by atoms with Crippen LogP contribution in [-0.4, -0.2) is 14.3 Å². The Kier molecular flexibility index (Phi) is 6.15. The number of hydrogen-bond acceptors (Lipinski definition) is 2. The van der Waals surface area contributed by atoms with E-state index in [2.05, 4.69) is 31.7 Å². The van der Waals surface area contributed by atoms with Crippen molar-refractivity contribution in [1.29, 1.82) is 0 Å². The lowest BCUT2D eigenvalue weighted by atomic mass is 9.97. The van der Waals surface area contributed by atoms with Gasteiger partial charge >= 0.3 is 5.97 Å². The fourth-order valence-electron chi connectivity index (χ4n) is 2.10. The van der Waals surface area contributed by atoms with Gasteiger partial charge in [0, 0.05) is 5.57 Å². The average molecular weight is 302 g/mol. The van der Waals surface area contributed by atoms with E-state index in [1.165, 1.54) is 5.56 Å². The molecule has 0 spiro atoms. The Hall–Kier alpha value is -1.61. The van der Waals surface area contributed by atoms with Crippen molar-refractivity contribution < 1.29 is 9.22 Å². The van der Waals surface area contributed by atoms with Gasteiger partial charge in [-0.25, -0.2) is 4.79 Å². The van der Waals surface area contributed by atoms with E-state index in [1.807, 2.05) is 44.8 Å². The van der Waals surface area contributed by atoms with Gasteiger partial charge in [0.2, 0.25) is 8.32 Å². The van der Waals surface area contributed by atoms with Crippen LogP contribution in [0.1, 0.15) is 31.7 Å². The molecule has 0 saturated carbocycles. The van der Waals surface area contributed by atoms with Crippen LogP contribution in [-0.2, 0) is 9.22 Å². The summed E-state index contributed by atoms with van der Waals surface area (Å²) in [7, 11) is -1.85. The molecule has 0 fully saturated rings. The maximum atomic E-state index is 11.9. The number of carbonyl (C=O) groups excluding carboxylic acids is 1. The van der Waals surface area contributed by atoms with E-state index >= 15 is 0 Å². The van der Waals surface area contributed by atoms with E-state index in [0.29, 0.717) is 17.9 Å². The Balaban J connectivity index is 2.64. The highest BCUT2D eigenvalue weighted by atomic mass is 28.4. The summed E-state index contributed by atoms with van der Waals surface area (Å²) in [5, 5.41) is 0. The summed E-state index contributed by atoms with van der Waals surface area (Å²) in [6.07, 6.45) is 2.75. The molecule has 0 aliphatic heterocycles. The second-order valence-electron chi connectivity index (χ2n) is 6.49. The number of rotatable bonds is 6. The Bertz CT molecular complexity index is 524. The van der Waals surface area contributed by atoms with Crippen molar-refractivity contribution in [3.63, 3.8) is 0 Å². The van der Waals surface area contributed by atoms with Crippen molar-refractivity contribution in [2.45, 2.75) is 45.8 Å². The van der Waals surface area contributed by atoms with Crippen LogP contribution >= 0.6 is 0 Å². The molecule has 1 unspecified atom stereocenters. The normalized spacial score (nSPS) is 13.7. The zero-order valence-electron chi connectivity index (χ0n) is 13.8. The summed E-state index contributed by atoms with van der Waals surface area (Å²) in [4.78, 5) is 11.9. The first-order valence-electron chi connectivity index (χ1n) is 7.32. The average Bonchev–Trinajstić information content (AvgIpc) is 2.37. The summed E-state index contributed by atoms with van der Waals surface area (Å²) < 4.78 is 5.46. The van der Waals surface area contributed by atoms with Crippen LogP contribution in [0.25, 0.3) is 0 Å². The summed E-state index contributed by atoms with van der Waals surface area (Å²) in [5.74, 6) is 0.0706. The first-order chi connectivity index (χ1) is 9.69. The Morgan fingerprint density at radius 1 is 1.29 bits per heavy atom. The molecule has 2 nitrogen and oxygen atoms in total. The summed E-state index contributed by atoms with van der Waals surface area (Å²) in [5.41, 5.74) is 2.95. The molecule has 0 aliphatic carbocycles. The van der Waals surface area contributed by atoms with Crippen LogP contribution in [0, 0.1) is 0 Å². The third-order valence-electron chi connectivity index (χ3n) is 3.04. The fraction of sp³-hybridized carbons (Fsp3) is 0.389. The number of benzene rings is 1. The highest BCUT2D eigenvalue weighted by Crippen LogP contribution is 2.21. The predicted molar refractivity (Wildman–Crippen MR) is 91.8 cm³/mol. The SMILES string of the molecule is C=C(C/C(C)=C/C(C)c1ccccc1)C(=O)O[Si](C)(C)C. The maximum Gasteiger partial charge on any atom is 0.320 e. The Labute approximate surface area is 129 Å². The topological polar surface area (TPSA) is 26.3 Å². The predicted octanol–water partition coefficient (Wildman–Crippen LogP) is 5.06. The summed E-state index contributed by atoms with van der Waals surface area (Å²) in [6, 6.07) is 10.3. The molecule has 1 aromatic rings. The number of allylic oxidation sites excluding steroid dienone is 2. The van der Waals surface area contributed by atoms with Gasteiger partial charge in [0.25, 0.3) is 0 Å². The van der Waals surface area contributed by atoms with Crippen molar-refractivity contribution in [3.05, 3.63) is 59.7 Å². The van der Waals surface area contributed by atoms with Gasteiger partial charge in [0.15, 0.2) is 0 Å². The monoisotopic (exact) mass is 302 g/mol. The zero-order chi connectivity index (χ0) is 16.0. The standard InChI is InChI=1S/C18H26O2Si/c1-14(12-15(2)17-10-8-7-9-11-17)13-16(3)18(19)20-21(4,5)6/h7-12,15H,3,13H2,1-2,4-6H3/b14-12+. The van der Waals surface area contributed by atoms with Gasteiger partial charge < -0.3 is 4.43 Å². The van der Waals surface area contributed by atoms with E-state index in [0.717, 1.165) is 5.57 Å². The van der Waals surface area contributed by atoms with Gasteiger partial charge in [-0.1, -0.05) is 55.5 Å². The smallest absolute Gasteiger partial charge is 0.320 e. The maximum absolute atomic E-state index is 11.9. The van der Waals surface area contributed by atoms with Crippen molar-refractivity contribution in [1.82, 2.24) is 0 Å².